The first-order chi connectivity index (χ1) is 11.3. The number of nitrogens with zero attached hydrogens (tertiary/aromatic N) is 2. The largest absolute Gasteiger partial charge is 0.465 e. The number of anilines is 1. The van der Waals surface area contributed by atoms with Gasteiger partial charge in [-0.25, -0.2) is 14.8 Å². The van der Waals surface area contributed by atoms with E-state index in [9.17, 15) is 4.79 Å². The molecule has 0 aliphatic rings. The van der Waals surface area contributed by atoms with Gasteiger partial charge in [-0.3, -0.25) is 0 Å². The molecule has 0 aliphatic heterocycles. The minimum atomic E-state index is -0.317. The average Bonchev–Trinajstić information content (AvgIpc) is 2.62. The molecular weight excluding hydrogens is 290 g/mol. The van der Waals surface area contributed by atoms with E-state index in [0.717, 1.165) is 35.2 Å². The summed E-state index contributed by atoms with van der Waals surface area (Å²) < 4.78 is 4.69. The van der Waals surface area contributed by atoms with Gasteiger partial charge in [-0.2, -0.15) is 0 Å². The Hall–Kier alpha value is -2.95. The molecule has 2 aromatic carbocycles. The maximum absolute atomic E-state index is 11.4. The minimum Gasteiger partial charge on any atom is -0.465 e. The lowest BCUT2D eigenvalue weighted by atomic mass is 10.1. The van der Waals surface area contributed by atoms with Crippen LogP contribution < -0.4 is 5.32 Å². The van der Waals surface area contributed by atoms with E-state index in [1.54, 1.807) is 18.5 Å². The van der Waals surface area contributed by atoms with Crippen LogP contribution in [0.5, 0.6) is 0 Å². The first-order valence-electron chi connectivity index (χ1n) is 7.39. The smallest absolute Gasteiger partial charge is 0.337 e. The second kappa shape index (κ2) is 6.87. The van der Waals surface area contributed by atoms with E-state index in [-0.39, 0.29) is 5.97 Å². The number of hydrogen-bond acceptors (Lipinski definition) is 5. The summed E-state index contributed by atoms with van der Waals surface area (Å²) in [6.07, 6.45) is 2.40. The molecule has 0 amide bonds. The average molecular weight is 307 g/mol. The van der Waals surface area contributed by atoms with Crippen LogP contribution in [-0.4, -0.2) is 29.6 Å². The number of ether oxygens (including phenoxy) is 1. The zero-order valence-corrected chi connectivity index (χ0v) is 12.8. The van der Waals surface area contributed by atoms with Gasteiger partial charge in [-0.15, -0.1) is 0 Å². The molecule has 23 heavy (non-hydrogen) atoms. The van der Waals surface area contributed by atoms with Crippen LogP contribution in [-0.2, 0) is 11.2 Å². The molecule has 116 valence electrons. The molecule has 0 atom stereocenters. The second-order valence-electron chi connectivity index (χ2n) is 5.10. The summed E-state index contributed by atoms with van der Waals surface area (Å²) in [4.78, 5) is 20.0. The second-order valence-corrected chi connectivity index (χ2v) is 5.10. The molecule has 0 aliphatic carbocycles. The van der Waals surface area contributed by atoms with Crippen molar-refractivity contribution in [3.63, 3.8) is 0 Å². The van der Waals surface area contributed by atoms with Crippen molar-refractivity contribution in [2.24, 2.45) is 0 Å². The number of nitrogens with one attached hydrogen (secondary N) is 1. The Morgan fingerprint density at radius 2 is 1.87 bits per heavy atom. The number of methoxy groups -OCH3 is 1. The lowest BCUT2D eigenvalue weighted by molar-refractivity contribution is 0.0600. The number of fused-ring (bicyclic) bond motifs is 1. The van der Waals surface area contributed by atoms with Crippen molar-refractivity contribution >= 4 is 22.7 Å². The van der Waals surface area contributed by atoms with E-state index < -0.39 is 0 Å². The third-order valence-electron chi connectivity index (χ3n) is 3.62. The van der Waals surface area contributed by atoms with Crippen molar-refractivity contribution in [1.82, 2.24) is 9.97 Å². The van der Waals surface area contributed by atoms with Crippen molar-refractivity contribution in [3.05, 3.63) is 66.0 Å². The molecule has 0 saturated carbocycles. The van der Waals surface area contributed by atoms with Crippen LogP contribution in [0.4, 0.5) is 5.82 Å². The number of aromatic nitrogens is 2. The van der Waals surface area contributed by atoms with Crippen molar-refractivity contribution in [3.8, 4) is 0 Å². The Labute approximate surface area is 134 Å². The number of benzene rings is 2. The van der Waals surface area contributed by atoms with E-state index in [4.69, 9.17) is 4.74 Å². The van der Waals surface area contributed by atoms with Gasteiger partial charge >= 0.3 is 5.97 Å². The minimum absolute atomic E-state index is 0.317. The summed E-state index contributed by atoms with van der Waals surface area (Å²) in [5.74, 6) is 0.518. The van der Waals surface area contributed by atoms with Crippen LogP contribution in [0.15, 0.2) is 54.9 Å². The van der Waals surface area contributed by atoms with Crippen LogP contribution in [0.2, 0.25) is 0 Å². The first kappa shape index (κ1) is 15.0. The Kier molecular flexibility index (Phi) is 4.47. The molecule has 5 heteroatoms. The van der Waals surface area contributed by atoms with Gasteiger partial charge in [0.15, 0.2) is 0 Å². The predicted molar refractivity (Wildman–Crippen MR) is 89.5 cm³/mol. The molecule has 3 rings (SSSR count). The number of rotatable bonds is 5. The summed E-state index contributed by atoms with van der Waals surface area (Å²) in [6, 6.07) is 15.3. The molecule has 0 radical (unpaired) electrons. The Morgan fingerprint density at radius 3 is 2.65 bits per heavy atom. The standard InChI is InChI=1S/C18H17N3O2/c1-23-18(22)14-8-6-13(7-9-14)10-11-19-17-15-4-2-3-5-16(15)20-12-21-17/h2-9,12H,10-11H2,1H3,(H,19,20,21). The van der Waals surface area contributed by atoms with Crippen LogP contribution in [0.25, 0.3) is 10.9 Å². The Balaban J connectivity index is 1.64. The zero-order valence-electron chi connectivity index (χ0n) is 12.8. The maximum atomic E-state index is 11.4. The van der Waals surface area contributed by atoms with Crippen molar-refractivity contribution in [2.75, 3.05) is 19.0 Å². The number of carbonyl (C=O) groups excluding carboxylic acids is 1. The summed E-state index contributed by atoms with van der Waals surface area (Å²) in [5, 5.41) is 4.35. The summed E-state index contributed by atoms with van der Waals surface area (Å²) in [7, 11) is 1.38. The Morgan fingerprint density at radius 1 is 1.09 bits per heavy atom. The van der Waals surface area contributed by atoms with E-state index in [1.165, 1.54) is 7.11 Å². The molecule has 0 fully saturated rings. The van der Waals surface area contributed by atoms with Gasteiger partial charge < -0.3 is 10.1 Å². The molecule has 0 bridgehead atoms. The van der Waals surface area contributed by atoms with Crippen LogP contribution in [0.3, 0.4) is 0 Å². The summed E-state index contributed by atoms with van der Waals surface area (Å²) in [5.41, 5.74) is 2.63. The third kappa shape index (κ3) is 3.45. The number of para-hydroxylation sites is 1. The normalized spacial score (nSPS) is 10.5. The van der Waals surface area contributed by atoms with Crippen LogP contribution in [0, 0.1) is 0 Å². The highest BCUT2D eigenvalue weighted by Crippen LogP contribution is 2.18. The van der Waals surface area contributed by atoms with Gasteiger partial charge in [0.25, 0.3) is 0 Å². The third-order valence-corrected chi connectivity index (χ3v) is 3.62. The Bertz CT molecular complexity index is 811. The van der Waals surface area contributed by atoms with Gasteiger partial charge in [-0.05, 0) is 36.2 Å². The lowest BCUT2D eigenvalue weighted by Gasteiger charge is -2.08. The molecule has 0 saturated heterocycles. The fourth-order valence-corrected chi connectivity index (χ4v) is 2.40. The highest BCUT2D eigenvalue weighted by molar-refractivity contribution is 5.89. The monoisotopic (exact) mass is 307 g/mol. The number of hydrogen-bond donors (Lipinski definition) is 1. The topological polar surface area (TPSA) is 64.1 Å². The molecule has 1 heterocycles. The predicted octanol–water partition coefficient (Wildman–Crippen LogP) is 3.07. The summed E-state index contributed by atoms with van der Waals surface area (Å²) >= 11 is 0. The van der Waals surface area contributed by atoms with E-state index in [0.29, 0.717) is 5.56 Å². The van der Waals surface area contributed by atoms with Crippen molar-refractivity contribution < 1.29 is 9.53 Å². The quantitative estimate of drug-likeness (QED) is 0.734. The first-order valence-corrected chi connectivity index (χ1v) is 7.39. The van der Waals surface area contributed by atoms with Crippen LogP contribution >= 0.6 is 0 Å². The number of carbonyl (C=O) groups is 1. The van der Waals surface area contributed by atoms with Crippen molar-refractivity contribution in [1.29, 1.82) is 0 Å². The fourth-order valence-electron chi connectivity index (χ4n) is 2.40. The van der Waals surface area contributed by atoms with Crippen LogP contribution in [0.1, 0.15) is 15.9 Å². The van der Waals surface area contributed by atoms with Gasteiger partial charge in [0.2, 0.25) is 0 Å². The fraction of sp³-hybridized carbons (Fsp3) is 0.167. The SMILES string of the molecule is COC(=O)c1ccc(CCNc2ncnc3ccccc23)cc1. The number of esters is 1. The van der Waals surface area contributed by atoms with Gasteiger partial charge in [-0.1, -0.05) is 24.3 Å². The molecule has 1 aromatic heterocycles. The molecule has 0 unspecified atom stereocenters. The molecule has 1 N–H and O–H groups in total. The van der Waals surface area contributed by atoms with Gasteiger partial charge in [0.05, 0.1) is 18.2 Å². The van der Waals surface area contributed by atoms with E-state index in [1.807, 2.05) is 36.4 Å². The van der Waals surface area contributed by atoms with E-state index >= 15 is 0 Å². The summed E-state index contributed by atoms with van der Waals surface area (Å²) in [6.45, 7) is 0.749. The maximum Gasteiger partial charge on any atom is 0.337 e. The zero-order chi connectivity index (χ0) is 16.1. The van der Waals surface area contributed by atoms with E-state index in [2.05, 4.69) is 15.3 Å². The molecule has 0 spiro atoms. The highest BCUT2D eigenvalue weighted by atomic mass is 16.5. The van der Waals surface area contributed by atoms with Gasteiger partial charge in [0, 0.05) is 11.9 Å². The van der Waals surface area contributed by atoms with Gasteiger partial charge in [0.1, 0.15) is 12.1 Å². The van der Waals surface area contributed by atoms with Crippen molar-refractivity contribution in [2.45, 2.75) is 6.42 Å². The lowest BCUT2D eigenvalue weighted by Crippen LogP contribution is -2.07. The molecule has 3 aromatic rings. The molecule has 5 nitrogen and oxygen atoms in total. The highest BCUT2D eigenvalue weighted by Gasteiger charge is 2.05. The molecular formula is C18H17N3O2.